The van der Waals surface area contributed by atoms with Gasteiger partial charge in [-0.15, -0.1) is 0 Å². The van der Waals surface area contributed by atoms with E-state index in [1.807, 2.05) is 20.8 Å². The van der Waals surface area contributed by atoms with Gasteiger partial charge in [0.25, 0.3) is 5.92 Å². The molecular formula is C8H18F2N2. The lowest BCUT2D eigenvalue weighted by Gasteiger charge is -2.34. The minimum atomic E-state index is -2.78. The predicted octanol–water partition coefficient (Wildman–Crippen LogP) is 1.31. The van der Waals surface area contributed by atoms with Crippen LogP contribution in [-0.4, -0.2) is 36.5 Å². The van der Waals surface area contributed by atoms with Crippen molar-refractivity contribution in [2.75, 3.05) is 20.1 Å². The topological polar surface area (TPSA) is 29.3 Å². The molecule has 0 aliphatic rings. The average Bonchev–Trinajstić information content (AvgIpc) is 1.85. The lowest BCUT2D eigenvalue weighted by molar-refractivity contribution is -0.0369. The van der Waals surface area contributed by atoms with Gasteiger partial charge in [-0.05, 0) is 27.8 Å². The molecule has 0 aromatic carbocycles. The first-order chi connectivity index (χ1) is 5.19. The van der Waals surface area contributed by atoms with Gasteiger partial charge in [-0.25, -0.2) is 8.78 Å². The standard InChI is InChI=1S/C8H18F2N2/c1-7(2,3)12(4)6-8(9,10)5-11/h5-6,11H2,1-4H3. The average molecular weight is 180 g/mol. The van der Waals surface area contributed by atoms with Crippen LogP contribution in [0.4, 0.5) is 8.78 Å². The zero-order chi connectivity index (χ0) is 9.99. The quantitative estimate of drug-likeness (QED) is 0.709. The van der Waals surface area contributed by atoms with Crippen molar-refractivity contribution in [1.82, 2.24) is 4.90 Å². The SMILES string of the molecule is CN(CC(F)(F)CN)C(C)(C)C. The van der Waals surface area contributed by atoms with Crippen LogP contribution in [0, 0.1) is 0 Å². The number of halogens is 2. The van der Waals surface area contributed by atoms with Crippen molar-refractivity contribution in [2.45, 2.75) is 32.2 Å². The Morgan fingerprint density at radius 2 is 1.67 bits per heavy atom. The van der Waals surface area contributed by atoms with Crippen molar-refractivity contribution >= 4 is 0 Å². The molecule has 74 valence electrons. The van der Waals surface area contributed by atoms with Crippen molar-refractivity contribution in [3.8, 4) is 0 Å². The van der Waals surface area contributed by atoms with E-state index in [1.165, 1.54) is 0 Å². The fourth-order valence-electron chi connectivity index (χ4n) is 0.649. The molecule has 0 bridgehead atoms. The maximum Gasteiger partial charge on any atom is 0.272 e. The third-order valence-corrected chi connectivity index (χ3v) is 1.91. The fourth-order valence-corrected chi connectivity index (χ4v) is 0.649. The van der Waals surface area contributed by atoms with Crippen molar-refractivity contribution in [1.29, 1.82) is 0 Å². The van der Waals surface area contributed by atoms with Gasteiger partial charge in [-0.2, -0.15) is 0 Å². The normalized spacial score (nSPS) is 14.0. The first-order valence-corrected chi connectivity index (χ1v) is 3.98. The molecule has 0 fully saturated rings. The van der Waals surface area contributed by atoms with Gasteiger partial charge in [-0.3, -0.25) is 4.90 Å². The van der Waals surface area contributed by atoms with Crippen LogP contribution in [-0.2, 0) is 0 Å². The van der Waals surface area contributed by atoms with E-state index in [-0.39, 0.29) is 12.1 Å². The Morgan fingerprint density at radius 1 is 1.25 bits per heavy atom. The smallest absolute Gasteiger partial charge is 0.272 e. The van der Waals surface area contributed by atoms with Crippen LogP contribution in [0.3, 0.4) is 0 Å². The van der Waals surface area contributed by atoms with Gasteiger partial charge < -0.3 is 5.73 Å². The molecule has 0 aliphatic carbocycles. The molecule has 12 heavy (non-hydrogen) atoms. The summed E-state index contributed by atoms with van der Waals surface area (Å²) in [6.07, 6.45) is 0. The molecular weight excluding hydrogens is 162 g/mol. The van der Waals surface area contributed by atoms with Crippen LogP contribution in [0.15, 0.2) is 0 Å². The summed E-state index contributed by atoms with van der Waals surface area (Å²) < 4.78 is 25.5. The van der Waals surface area contributed by atoms with E-state index in [0.717, 1.165) is 0 Å². The van der Waals surface area contributed by atoms with Crippen molar-refractivity contribution in [3.05, 3.63) is 0 Å². The second kappa shape index (κ2) is 3.66. The van der Waals surface area contributed by atoms with Gasteiger partial charge in [0.2, 0.25) is 0 Å². The zero-order valence-corrected chi connectivity index (χ0v) is 8.19. The lowest BCUT2D eigenvalue weighted by atomic mass is 10.1. The first-order valence-electron chi connectivity index (χ1n) is 3.98. The Morgan fingerprint density at radius 3 is 1.92 bits per heavy atom. The Labute approximate surface area is 72.7 Å². The van der Waals surface area contributed by atoms with Crippen LogP contribution in [0.25, 0.3) is 0 Å². The molecule has 4 heteroatoms. The van der Waals surface area contributed by atoms with Crippen molar-refractivity contribution in [3.63, 3.8) is 0 Å². The maximum atomic E-state index is 12.8. The molecule has 0 rings (SSSR count). The van der Waals surface area contributed by atoms with Crippen molar-refractivity contribution < 1.29 is 8.78 Å². The highest BCUT2D eigenvalue weighted by Crippen LogP contribution is 2.18. The van der Waals surface area contributed by atoms with Crippen LogP contribution >= 0.6 is 0 Å². The Balaban J connectivity index is 4.09. The third-order valence-electron chi connectivity index (χ3n) is 1.91. The van der Waals surface area contributed by atoms with Gasteiger partial charge in [0.05, 0.1) is 13.1 Å². The molecule has 0 saturated heterocycles. The van der Waals surface area contributed by atoms with Crippen LogP contribution in [0.5, 0.6) is 0 Å². The minimum Gasteiger partial charge on any atom is -0.325 e. The highest BCUT2D eigenvalue weighted by Gasteiger charge is 2.32. The summed E-state index contributed by atoms with van der Waals surface area (Å²) in [5, 5.41) is 0. The van der Waals surface area contributed by atoms with Gasteiger partial charge >= 0.3 is 0 Å². The molecule has 2 nitrogen and oxygen atoms in total. The van der Waals surface area contributed by atoms with E-state index < -0.39 is 12.5 Å². The van der Waals surface area contributed by atoms with Crippen LogP contribution < -0.4 is 5.73 Å². The number of rotatable bonds is 3. The minimum absolute atomic E-state index is 0.238. The van der Waals surface area contributed by atoms with Crippen molar-refractivity contribution in [2.24, 2.45) is 5.73 Å². The summed E-state index contributed by atoms with van der Waals surface area (Å²) >= 11 is 0. The molecule has 0 spiro atoms. The molecule has 0 aromatic heterocycles. The second-order valence-corrected chi connectivity index (χ2v) is 4.09. The second-order valence-electron chi connectivity index (χ2n) is 4.09. The maximum absolute atomic E-state index is 12.8. The highest BCUT2D eigenvalue weighted by molar-refractivity contribution is 4.79. The lowest BCUT2D eigenvalue weighted by Crippen LogP contribution is -2.47. The Kier molecular flexibility index (Phi) is 3.59. The highest BCUT2D eigenvalue weighted by atomic mass is 19.3. The molecule has 0 aromatic rings. The van der Waals surface area contributed by atoms with Crippen LogP contribution in [0.1, 0.15) is 20.8 Å². The third kappa shape index (κ3) is 3.97. The van der Waals surface area contributed by atoms with E-state index in [1.54, 1.807) is 11.9 Å². The number of hydrogen-bond donors (Lipinski definition) is 1. The van der Waals surface area contributed by atoms with E-state index >= 15 is 0 Å². The predicted molar refractivity (Wildman–Crippen MR) is 46.4 cm³/mol. The molecule has 0 radical (unpaired) electrons. The molecule has 0 heterocycles. The monoisotopic (exact) mass is 180 g/mol. The van der Waals surface area contributed by atoms with E-state index in [9.17, 15) is 8.78 Å². The molecule has 0 amide bonds. The summed E-state index contributed by atoms with van der Waals surface area (Å²) in [6, 6.07) is 0. The van der Waals surface area contributed by atoms with E-state index in [0.29, 0.717) is 0 Å². The number of nitrogens with zero attached hydrogens (tertiary/aromatic N) is 1. The summed E-state index contributed by atoms with van der Waals surface area (Å²) in [4.78, 5) is 1.60. The number of alkyl halides is 2. The Hall–Kier alpha value is -0.220. The molecule has 0 saturated carbocycles. The zero-order valence-electron chi connectivity index (χ0n) is 8.19. The molecule has 0 atom stereocenters. The molecule has 0 aliphatic heterocycles. The molecule has 0 unspecified atom stereocenters. The molecule has 2 N–H and O–H groups in total. The first kappa shape index (κ1) is 11.8. The van der Waals surface area contributed by atoms with Gasteiger partial charge in [-0.1, -0.05) is 0 Å². The number of nitrogens with two attached hydrogens (primary N) is 1. The van der Waals surface area contributed by atoms with Gasteiger partial charge in [0.15, 0.2) is 0 Å². The van der Waals surface area contributed by atoms with Gasteiger partial charge in [0, 0.05) is 5.54 Å². The number of hydrogen-bond acceptors (Lipinski definition) is 2. The Bertz CT molecular complexity index is 140. The largest absolute Gasteiger partial charge is 0.325 e. The summed E-state index contributed by atoms with van der Waals surface area (Å²) in [7, 11) is 1.67. The van der Waals surface area contributed by atoms with E-state index in [4.69, 9.17) is 5.73 Å². The van der Waals surface area contributed by atoms with Gasteiger partial charge in [0.1, 0.15) is 0 Å². The summed E-state index contributed by atoms with van der Waals surface area (Å²) in [5.74, 6) is -2.78. The summed E-state index contributed by atoms with van der Waals surface area (Å²) in [5.41, 5.74) is 4.68. The summed E-state index contributed by atoms with van der Waals surface area (Å²) in [6.45, 7) is 4.79. The fraction of sp³-hybridized carbons (Fsp3) is 1.00. The van der Waals surface area contributed by atoms with E-state index in [2.05, 4.69) is 0 Å². The van der Waals surface area contributed by atoms with Crippen LogP contribution in [0.2, 0.25) is 0 Å².